The van der Waals surface area contributed by atoms with Crippen LogP contribution in [0.1, 0.15) is 31.7 Å². The third-order valence-electron chi connectivity index (χ3n) is 3.38. The maximum atomic E-state index is 13.4. The molecule has 2 rings (SSSR count). The zero-order valence-corrected chi connectivity index (χ0v) is 11.4. The molecule has 18 heavy (non-hydrogen) atoms. The normalized spacial score (nSPS) is 23.5. The molecule has 1 N–H and O–H groups in total. The molecule has 0 aromatic heterocycles. The van der Waals surface area contributed by atoms with Gasteiger partial charge in [0.15, 0.2) is 0 Å². The summed E-state index contributed by atoms with van der Waals surface area (Å²) in [6, 6.07) is 4.06. The van der Waals surface area contributed by atoms with Crippen molar-refractivity contribution in [1.29, 1.82) is 0 Å². The van der Waals surface area contributed by atoms with Crippen molar-refractivity contribution in [3.8, 4) is 0 Å². The Morgan fingerprint density at radius 2 is 2.17 bits per heavy atom. The van der Waals surface area contributed by atoms with Gasteiger partial charge in [0, 0.05) is 23.4 Å². The van der Waals surface area contributed by atoms with Crippen molar-refractivity contribution in [2.24, 2.45) is 0 Å². The number of hydrogen-bond donors (Lipinski definition) is 1. The lowest BCUT2D eigenvalue weighted by Gasteiger charge is -2.13. The van der Waals surface area contributed by atoms with E-state index in [9.17, 15) is 8.78 Å². The van der Waals surface area contributed by atoms with Gasteiger partial charge in [-0.3, -0.25) is 0 Å². The second-order valence-corrected chi connectivity index (χ2v) is 6.28. The highest BCUT2D eigenvalue weighted by atomic mass is 32.2. The topological polar surface area (TPSA) is 12.0 Å². The molecule has 1 saturated carbocycles. The molecule has 0 spiro atoms. The van der Waals surface area contributed by atoms with Crippen molar-refractivity contribution in [2.75, 3.05) is 5.75 Å². The first-order valence-electron chi connectivity index (χ1n) is 6.48. The molecule has 0 radical (unpaired) electrons. The summed E-state index contributed by atoms with van der Waals surface area (Å²) in [6.45, 7) is 2.59. The number of nitrogens with one attached hydrogen (secondary N) is 1. The minimum absolute atomic E-state index is 0.332. The summed E-state index contributed by atoms with van der Waals surface area (Å²) in [4.78, 5) is 0. The Balaban J connectivity index is 1.83. The molecule has 100 valence electrons. The molecule has 2 atom stereocenters. The maximum Gasteiger partial charge on any atom is 0.127 e. The highest BCUT2D eigenvalue weighted by Gasteiger charge is 2.24. The quantitative estimate of drug-likeness (QED) is 0.875. The average molecular weight is 271 g/mol. The van der Waals surface area contributed by atoms with Crippen molar-refractivity contribution in [3.63, 3.8) is 0 Å². The lowest BCUT2D eigenvalue weighted by atomic mass is 10.2. The van der Waals surface area contributed by atoms with E-state index >= 15 is 0 Å². The van der Waals surface area contributed by atoms with Crippen LogP contribution in [0, 0.1) is 11.6 Å². The minimum Gasteiger partial charge on any atom is -0.310 e. The van der Waals surface area contributed by atoms with Crippen molar-refractivity contribution in [1.82, 2.24) is 5.32 Å². The van der Waals surface area contributed by atoms with E-state index in [-0.39, 0.29) is 11.6 Å². The van der Waals surface area contributed by atoms with Gasteiger partial charge in [0.2, 0.25) is 0 Å². The van der Waals surface area contributed by atoms with Crippen LogP contribution in [0.5, 0.6) is 0 Å². The fourth-order valence-electron chi connectivity index (χ4n) is 2.45. The molecule has 1 fully saturated rings. The van der Waals surface area contributed by atoms with Gasteiger partial charge < -0.3 is 5.32 Å². The molecule has 1 nitrogen and oxygen atoms in total. The third-order valence-corrected chi connectivity index (χ3v) is 4.61. The van der Waals surface area contributed by atoms with E-state index in [2.05, 4.69) is 12.2 Å². The Morgan fingerprint density at radius 3 is 2.94 bits per heavy atom. The fraction of sp³-hybridized carbons (Fsp3) is 0.571. The van der Waals surface area contributed by atoms with Crippen molar-refractivity contribution in [3.05, 3.63) is 35.4 Å². The second kappa shape index (κ2) is 6.53. The van der Waals surface area contributed by atoms with Gasteiger partial charge in [0.1, 0.15) is 11.6 Å². The molecule has 2 unspecified atom stereocenters. The van der Waals surface area contributed by atoms with Crippen LogP contribution in [0.15, 0.2) is 18.2 Å². The second-order valence-electron chi connectivity index (χ2n) is 4.70. The zero-order chi connectivity index (χ0) is 13.0. The van der Waals surface area contributed by atoms with Gasteiger partial charge in [0.05, 0.1) is 0 Å². The molecule has 1 aromatic carbocycles. The maximum absolute atomic E-state index is 13.4. The van der Waals surface area contributed by atoms with Crippen molar-refractivity contribution in [2.45, 2.75) is 44.0 Å². The van der Waals surface area contributed by atoms with Crippen LogP contribution in [0.2, 0.25) is 0 Å². The van der Waals surface area contributed by atoms with Crippen LogP contribution in [0.4, 0.5) is 8.78 Å². The van der Waals surface area contributed by atoms with E-state index < -0.39 is 0 Å². The Labute approximate surface area is 111 Å². The predicted octanol–water partition coefficient (Wildman–Crippen LogP) is 3.73. The van der Waals surface area contributed by atoms with Gasteiger partial charge >= 0.3 is 0 Å². The lowest BCUT2D eigenvalue weighted by molar-refractivity contribution is 0.505. The predicted molar refractivity (Wildman–Crippen MR) is 72.8 cm³/mol. The molecular weight excluding hydrogens is 252 g/mol. The fourth-order valence-corrected chi connectivity index (χ4v) is 3.59. The smallest absolute Gasteiger partial charge is 0.127 e. The van der Waals surface area contributed by atoms with E-state index in [4.69, 9.17) is 0 Å². The lowest BCUT2D eigenvalue weighted by Crippen LogP contribution is -2.26. The number of benzene rings is 1. The van der Waals surface area contributed by atoms with Crippen LogP contribution in [-0.4, -0.2) is 17.0 Å². The number of thioether (sulfide) groups is 1. The molecular formula is C14H19F2NS. The van der Waals surface area contributed by atoms with Crippen molar-refractivity contribution >= 4 is 11.8 Å². The third kappa shape index (κ3) is 3.69. The zero-order valence-electron chi connectivity index (χ0n) is 10.6. The molecule has 4 heteroatoms. The van der Waals surface area contributed by atoms with Gasteiger partial charge in [-0.1, -0.05) is 6.92 Å². The Morgan fingerprint density at radius 1 is 1.33 bits per heavy atom. The monoisotopic (exact) mass is 271 g/mol. The molecule has 0 aliphatic heterocycles. The van der Waals surface area contributed by atoms with E-state index in [1.54, 1.807) is 0 Å². The summed E-state index contributed by atoms with van der Waals surface area (Å²) in [5.74, 6) is 0.441. The molecule has 1 aromatic rings. The number of hydrogen-bond acceptors (Lipinski definition) is 2. The standard InChI is InChI=1S/C14H19F2NS/c1-2-18-13-5-4-12(8-13)17-9-10-7-11(15)3-6-14(10)16/h3,6-7,12-13,17H,2,4-5,8-9H2,1H3. The summed E-state index contributed by atoms with van der Waals surface area (Å²) >= 11 is 2.00. The van der Waals surface area contributed by atoms with Gasteiger partial charge in [0.25, 0.3) is 0 Å². The number of rotatable bonds is 5. The summed E-state index contributed by atoms with van der Waals surface area (Å²) in [7, 11) is 0. The van der Waals surface area contributed by atoms with Gasteiger partial charge in [-0.25, -0.2) is 8.78 Å². The van der Waals surface area contributed by atoms with E-state index in [1.165, 1.54) is 18.6 Å². The molecule has 0 heterocycles. The van der Waals surface area contributed by atoms with Crippen LogP contribution < -0.4 is 5.32 Å². The van der Waals surface area contributed by atoms with E-state index in [0.29, 0.717) is 18.2 Å². The average Bonchev–Trinajstić information content (AvgIpc) is 2.79. The Hall–Kier alpha value is -0.610. The number of halogens is 2. The van der Waals surface area contributed by atoms with Gasteiger partial charge in [-0.2, -0.15) is 11.8 Å². The first-order valence-corrected chi connectivity index (χ1v) is 7.53. The highest BCUT2D eigenvalue weighted by molar-refractivity contribution is 7.99. The van der Waals surface area contributed by atoms with Crippen LogP contribution in [-0.2, 0) is 6.54 Å². The van der Waals surface area contributed by atoms with Gasteiger partial charge in [-0.15, -0.1) is 0 Å². The SMILES string of the molecule is CCSC1CCC(NCc2cc(F)ccc2F)C1. The summed E-state index contributed by atoms with van der Waals surface area (Å²) in [5, 5.41) is 4.06. The molecule has 1 aliphatic carbocycles. The largest absolute Gasteiger partial charge is 0.310 e. The summed E-state index contributed by atoms with van der Waals surface area (Å²) < 4.78 is 26.4. The van der Waals surface area contributed by atoms with Crippen molar-refractivity contribution < 1.29 is 8.78 Å². The van der Waals surface area contributed by atoms with Crippen LogP contribution in [0.25, 0.3) is 0 Å². The van der Waals surface area contributed by atoms with Crippen LogP contribution >= 0.6 is 11.8 Å². The first-order chi connectivity index (χ1) is 8.69. The minimum atomic E-state index is -0.376. The van der Waals surface area contributed by atoms with Crippen LogP contribution in [0.3, 0.4) is 0 Å². The molecule has 0 saturated heterocycles. The van der Waals surface area contributed by atoms with E-state index in [1.807, 2.05) is 11.8 Å². The Bertz CT molecular complexity index is 397. The summed E-state index contributed by atoms with van der Waals surface area (Å²) in [6.07, 6.45) is 3.49. The first kappa shape index (κ1) is 13.8. The molecule has 0 bridgehead atoms. The van der Waals surface area contributed by atoms with E-state index in [0.717, 1.165) is 29.9 Å². The van der Waals surface area contributed by atoms with Gasteiger partial charge in [-0.05, 0) is 43.2 Å². The Kier molecular flexibility index (Phi) is 5.01. The molecule has 0 amide bonds. The highest BCUT2D eigenvalue weighted by Crippen LogP contribution is 2.29. The summed E-state index contributed by atoms with van der Waals surface area (Å²) in [5.41, 5.74) is 0.418. The molecule has 1 aliphatic rings.